The Morgan fingerprint density at radius 1 is 1.06 bits per heavy atom. The van der Waals surface area contributed by atoms with E-state index in [1.807, 2.05) is 0 Å². The van der Waals surface area contributed by atoms with Gasteiger partial charge in [-0.1, -0.05) is 29.3 Å². The number of halogens is 2. The summed E-state index contributed by atoms with van der Waals surface area (Å²) >= 11 is 11.8. The number of nitrogens with zero attached hydrogens (tertiary/aromatic N) is 1. The summed E-state index contributed by atoms with van der Waals surface area (Å²) in [5, 5.41) is 1.11. The molecule has 0 saturated carbocycles. The number of carbonyl (C=O) groups excluding carboxylic acids is 2. The summed E-state index contributed by atoms with van der Waals surface area (Å²) in [4.78, 5) is 23.8. The second-order valence-corrected chi connectivity index (χ2v) is 4.49. The van der Waals surface area contributed by atoms with Gasteiger partial charge in [-0.25, -0.2) is 0 Å². The highest BCUT2D eigenvalue weighted by Gasteiger charge is 2.22. The van der Waals surface area contributed by atoms with Gasteiger partial charge < -0.3 is 0 Å². The van der Waals surface area contributed by atoms with Crippen LogP contribution in [0, 0.1) is 0 Å². The minimum atomic E-state index is -0.278. The molecule has 0 fully saturated rings. The molecule has 17 heavy (non-hydrogen) atoms. The molecule has 5 heteroatoms. The Morgan fingerprint density at radius 2 is 1.71 bits per heavy atom. The highest BCUT2D eigenvalue weighted by atomic mass is 35.5. The first-order valence-corrected chi connectivity index (χ1v) is 5.81. The lowest BCUT2D eigenvalue weighted by molar-refractivity contribution is -0.136. The van der Waals surface area contributed by atoms with Crippen LogP contribution in [0.25, 0.3) is 0 Å². The van der Waals surface area contributed by atoms with Crippen molar-refractivity contribution in [1.82, 2.24) is 4.90 Å². The second kappa shape index (κ2) is 4.90. The first-order valence-electron chi connectivity index (χ1n) is 5.05. The molecule has 0 atom stereocenters. The van der Waals surface area contributed by atoms with Gasteiger partial charge in [0.15, 0.2) is 0 Å². The van der Waals surface area contributed by atoms with Crippen molar-refractivity contribution in [2.24, 2.45) is 0 Å². The molecule has 0 radical (unpaired) electrons. The molecule has 88 valence electrons. The second-order valence-electron chi connectivity index (χ2n) is 3.65. The van der Waals surface area contributed by atoms with E-state index in [1.165, 1.54) is 17.1 Å². The summed E-state index contributed by atoms with van der Waals surface area (Å²) < 4.78 is 0. The summed E-state index contributed by atoms with van der Waals surface area (Å²) in [7, 11) is 0. The molecule has 1 heterocycles. The van der Waals surface area contributed by atoms with Gasteiger partial charge in [0.1, 0.15) is 0 Å². The Morgan fingerprint density at radius 3 is 2.29 bits per heavy atom. The zero-order valence-electron chi connectivity index (χ0n) is 8.82. The molecule has 3 nitrogen and oxygen atoms in total. The van der Waals surface area contributed by atoms with Crippen molar-refractivity contribution in [3.63, 3.8) is 0 Å². The number of benzene rings is 1. The van der Waals surface area contributed by atoms with E-state index >= 15 is 0 Å². The monoisotopic (exact) mass is 269 g/mol. The molecule has 2 amide bonds. The summed E-state index contributed by atoms with van der Waals surface area (Å²) in [6.07, 6.45) is 3.06. The molecule has 0 aromatic heterocycles. The normalized spacial score (nSPS) is 14.8. The van der Waals surface area contributed by atoms with Gasteiger partial charge in [-0.15, -0.1) is 0 Å². The zero-order chi connectivity index (χ0) is 12.4. The van der Waals surface area contributed by atoms with E-state index < -0.39 is 0 Å². The Hall–Kier alpha value is -1.32. The number of imide groups is 1. The largest absolute Gasteiger partial charge is 0.275 e. The SMILES string of the molecule is O=C1C=CC(=O)N1CCc1ccc(Cl)cc1Cl. The van der Waals surface area contributed by atoms with Crippen LogP contribution in [0.5, 0.6) is 0 Å². The zero-order valence-corrected chi connectivity index (χ0v) is 10.3. The van der Waals surface area contributed by atoms with Gasteiger partial charge in [0.2, 0.25) is 0 Å². The molecule has 0 N–H and O–H groups in total. The summed E-state index contributed by atoms with van der Waals surface area (Å²) in [5.74, 6) is -0.555. The molecule has 1 aliphatic heterocycles. The standard InChI is InChI=1S/C12H9Cl2NO2/c13-9-2-1-8(10(14)7-9)5-6-15-11(16)3-4-12(15)17/h1-4,7H,5-6H2. The van der Waals surface area contributed by atoms with Crippen molar-refractivity contribution in [2.45, 2.75) is 6.42 Å². The van der Waals surface area contributed by atoms with E-state index in [4.69, 9.17) is 23.2 Å². The van der Waals surface area contributed by atoms with Crippen LogP contribution in [0.3, 0.4) is 0 Å². The van der Waals surface area contributed by atoms with Crippen LogP contribution in [-0.2, 0) is 16.0 Å². The quantitative estimate of drug-likeness (QED) is 0.791. The molecular weight excluding hydrogens is 261 g/mol. The van der Waals surface area contributed by atoms with Crippen LogP contribution < -0.4 is 0 Å². The number of hydrogen-bond donors (Lipinski definition) is 0. The third-order valence-corrected chi connectivity index (χ3v) is 3.11. The van der Waals surface area contributed by atoms with Gasteiger partial charge in [-0.05, 0) is 24.1 Å². The predicted molar refractivity (Wildman–Crippen MR) is 66.0 cm³/mol. The maximum absolute atomic E-state index is 11.3. The number of carbonyl (C=O) groups is 2. The summed E-state index contributed by atoms with van der Waals surface area (Å²) in [6.45, 7) is 0.325. The van der Waals surface area contributed by atoms with Gasteiger partial charge in [-0.3, -0.25) is 14.5 Å². The van der Waals surface area contributed by atoms with Crippen molar-refractivity contribution in [3.05, 3.63) is 46.0 Å². The van der Waals surface area contributed by atoms with Gasteiger partial charge in [0, 0.05) is 28.7 Å². The van der Waals surface area contributed by atoms with E-state index in [1.54, 1.807) is 18.2 Å². The van der Waals surface area contributed by atoms with Gasteiger partial charge in [-0.2, -0.15) is 0 Å². The molecule has 0 aliphatic carbocycles. The highest BCUT2D eigenvalue weighted by molar-refractivity contribution is 6.35. The maximum atomic E-state index is 11.3. The van der Waals surface area contributed by atoms with Gasteiger partial charge in [0.25, 0.3) is 11.8 Å². The third-order valence-electron chi connectivity index (χ3n) is 2.52. The van der Waals surface area contributed by atoms with Crippen molar-refractivity contribution in [2.75, 3.05) is 6.54 Å². The first-order chi connectivity index (χ1) is 8.08. The van der Waals surface area contributed by atoms with Crippen LogP contribution >= 0.6 is 23.2 Å². The lowest BCUT2D eigenvalue weighted by atomic mass is 10.1. The molecular formula is C12H9Cl2NO2. The Balaban J connectivity index is 2.03. The smallest absolute Gasteiger partial charge is 0.253 e. The molecule has 0 saturated heterocycles. The first kappa shape index (κ1) is 12.1. The van der Waals surface area contributed by atoms with Crippen LogP contribution in [0.1, 0.15) is 5.56 Å². The summed E-state index contributed by atoms with van der Waals surface area (Å²) in [5.41, 5.74) is 0.864. The molecule has 1 aromatic carbocycles. The van der Waals surface area contributed by atoms with Crippen LogP contribution in [0.2, 0.25) is 10.0 Å². The minimum Gasteiger partial charge on any atom is -0.275 e. The summed E-state index contributed by atoms with van der Waals surface area (Å²) in [6, 6.07) is 5.17. The minimum absolute atomic E-state index is 0.278. The molecule has 0 bridgehead atoms. The predicted octanol–water partition coefficient (Wildman–Crippen LogP) is 2.46. The fourth-order valence-electron chi connectivity index (χ4n) is 1.61. The van der Waals surface area contributed by atoms with Crippen LogP contribution in [0.4, 0.5) is 0 Å². The van der Waals surface area contributed by atoms with E-state index in [-0.39, 0.29) is 11.8 Å². The van der Waals surface area contributed by atoms with Gasteiger partial charge >= 0.3 is 0 Å². The number of amides is 2. The van der Waals surface area contributed by atoms with Crippen LogP contribution in [-0.4, -0.2) is 23.3 Å². The van der Waals surface area contributed by atoms with E-state index in [9.17, 15) is 9.59 Å². The van der Waals surface area contributed by atoms with Crippen molar-refractivity contribution >= 4 is 35.0 Å². The lowest BCUT2D eigenvalue weighted by Crippen LogP contribution is -2.31. The molecule has 1 aromatic rings. The van der Waals surface area contributed by atoms with Gasteiger partial charge in [0.05, 0.1) is 0 Å². The Labute approximate surface area is 109 Å². The average molecular weight is 270 g/mol. The number of hydrogen-bond acceptors (Lipinski definition) is 2. The lowest BCUT2D eigenvalue weighted by Gasteiger charge is -2.14. The Bertz CT molecular complexity index is 493. The van der Waals surface area contributed by atoms with E-state index in [0.717, 1.165) is 5.56 Å². The van der Waals surface area contributed by atoms with Crippen molar-refractivity contribution in [1.29, 1.82) is 0 Å². The van der Waals surface area contributed by atoms with E-state index in [0.29, 0.717) is 23.0 Å². The topological polar surface area (TPSA) is 37.4 Å². The average Bonchev–Trinajstić information content (AvgIpc) is 2.58. The fraction of sp³-hybridized carbons (Fsp3) is 0.167. The maximum Gasteiger partial charge on any atom is 0.253 e. The van der Waals surface area contributed by atoms with Crippen LogP contribution in [0.15, 0.2) is 30.4 Å². The molecule has 1 aliphatic rings. The van der Waals surface area contributed by atoms with Crippen molar-refractivity contribution < 1.29 is 9.59 Å². The van der Waals surface area contributed by atoms with E-state index in [2.05, 4.69) is 0 Å². The fourth-order valence-corrected chi connectivity index (χ4v) is 2.11. The highest BCUT2D eigenvalue weighted by Crippen LogP contribution is 2.21. The third kappa shape index (κ3) is 2.68. The Kier molecular flexibility index (Phi) is 3.50. The van der Waals surface area contributed by atoms with Crippen molar-refractivity contribution in [3.8, 4) is 0 Å². The number of rotatable bonds is 3. The molecule has 2 rings (SSSR count). The molecule has 0 unspecified atom stereocenters. The molecule has 0 spiro atoms.